The first-order valence-electron chi connectivity index (χ1n) is 12.3. The van der Waals surface area contributed by atoms with E-state index >= 15 is 0 Å². The summed E-state index contributed by atoms with van der Waals surface area (Å²) in [5.41, 5.74) is 1.77. The number of rotatable bonds is 11. The van der Waals surface area contributed by atoms with E-state index in [1.165, 1.54) is 29.2 Å². The number of benzene rings is 3. The zero-order valence-electron chi connectivity index (χ0n) is 21.8. The van der Waals surface area contributed by atoms with Crippen LogP contribution in [0.3, 0.4) is 0 Å². The van der Waals surface area contributed by atoms with Crippen molar-refractivity contribution < 1.29 is 18.0 Å². The van der Waals surface area contributed by atoms with Gasteiger partial charge in [0.25, 0.3) is 10.0 Å². The lowest BCUT2D eigenvalue weighted by Gasteiger charge is -2.32. The number of carbonyl (C=O) groups excluding carboxylic acids is 2. The van der Waals surface area contributed by atoms with Gasteiger partial charge in [0.2, 0.25) is 11.8 Å². The van der Waals surface area contributed by atoms with Gasteiger partial charge in [-0.25, -0.2) is 8.42 Å². The van der Waals surface area contributed by atoms with Gasteiger partial charge in [0.15, 0.2) is 0 Å². The molecule has 3 aromatic rings. The lowest BCUT2D eigenvalue weighted by molar-refractivity contribution is -0.139. The van der Waals surface area contributed by atoms with Gasteiger partial charge in [-0.2, -0.15) is 0 Å². The normalized spacial score (nSPS) is 12.1. The molecular weight excluding hydrogens is 581 g/mol. The predicted octanol–water partition coefficient (Wildman–Crippen LogP) is 6.09. The van der Waals surface area contributed by atoms with E-state index in [9.17, 15) is 18.0 Å². The van der Waals surface area contributed by atoms with Gasteiger partial charge in [-0.3, -0.25) is 13.9 Å². The maximum Gasteiger partial charge on any atom is 0.264 e. The van der Waals surface area contributed by atoms with Crippen LogP contribution in [0.5, 0.6) is 0 Å². The standard InChI is InChI=1S/C28H30Cl3N3O4S/c1-4-14-32-28(36)20(3)33(17-21-8-13-25(30)26(31)16-21)27(35)18-34(23-7-5-6-19(2)15-23)39(37,38)24-11-9-22(29)10-12-24/h5-13,15-16,20H,4,14,17-18H2,1-3H3,(H,32,36)/t20-/m0/s1. The molecule has 0 spiro atoms. The summed E-state index contributed by atoms with van der Waals surface area (Å²) in [6.45, 7) is 5.27. The van der Waals surface area contributed by atoms with E-state index in [-0.39, 0.29) is 17.3 Å². The first-order chi connectivity index (χ1) is 18.4. The van der Waals surface area contributed by atoms with Crippen molar-refractivity contribution in [2.75, 3.05) is 17.4 Å². The molecule has 11 heteroatoms. The average molecular weight is 611 g/mol. The molecule has 2 amide bonds. The minimum atomic E-state index is -4.17. The summed E-state index contributed by atoms with van der Waals surface area (Å²) in [6.07, 6.45) is 0.722. The first-order valence-corrected chi connectivity index (χ1v) is 14.9. The third-order valence-corrected chi connectivity index (χ3v) is 8.80. The molecule has 0 heterocycles. The molecule has 0 aliphatic carbocycles. The molecule has 3 rings (SSSR count). The number of halogens is 3. The van der Waals surface area contributed by atoms with Crippen molar-refractivity contribution in [1.82, 2.24) is 10.2 Å². The number of aryl methyl sites for hydroxylation is 1. The second-order valence-electron chi connectivity index (χ2n) is 9.04. The van der Waals surface area contributed by atoms with Crippen LogP contribution in [0.15, 0.2) is 71.6 Å². The van der Waals surface area contributed by atoms with Gasteiger partial charge in [0.1, 0.15) is 12.6 Å². The van der Waals surface area contributed by atoms with Gasteiger partial charge in [-0.05, 0) is 79.9 Å². The fraction of sp³-hybridized carbons (Fsp3) is 0.286. The second kappa shape index (κ2) is 13.5. The quantitative estimate of drug-likeness (QED) is 0.285. The number of nitrogens with zero attached hydrogens (tertiary/aromatic N) is 2. The lowest BCUT2D eigenvalue weighted by atomic mass is 10.1. The Morgan fingerprint density at radius 2 is 1.64 bits per heavy atom. The third-order valence-electron chi connectivity index (χ3n) is 6.02. The van der Waals surface area contributed by atoms with Gasteiger partial charge in [-0.15, -0.1) is 0 Å². The molecule has 0 bridgehead atoms. The van der Waals surface area contributed by atoms with E-state index in [0.29, 0.717) is 32.9 Å². The zero-order chi connectivity index (χ0) is 28.7. The highest BCUT2D eigenvalue weighted by Gasteiger charge is 2.32. The maximum atomic E-state index is 13.9. The monoisotopic (exact) mass is 609 g/mol. The highest BCUT2D eigenvalue weighted by atomic mass is 35.5. The summed E-state index contributed by atoms with van der Waals surface area (Å²) in [6, 6.07) is 16.6. The van der Waals surface area contributed by atoms with Crippen molar-refractivity contribution in [3.05, 3.63) is 92.9 Å². The summed E-state index contributed by atoms with van der Waals surface area (Å²) in [5, 5.41) is 3.84. The van der Waals surface area contributed by atoms with Crippen LogP contribution in [-0.4, -0.2) is 44.3 Å². The molecule has 208 valence electrons. The smallest absolute Gasteiger partial charge is 0.264 e. The fourth-order valence-electron chi connectivity index (χ4n) is 3.86. The Balaban J connectivity index is 2.03. The molecule has 0 aliphatic rings. The summed E-state index contributed by atoms with van der Waals surface area (Å²) in [4.78, 5) is 28.1. The summed E-state index contributed by atoms with van der Waals surface area (Å²) < 4.78 is 28.6. The highest BCUT2D eigenvalue weighted by Crippen LogP contribution is 2.27. The highest BCUT2D eigenvalue weighted by molar-refractivity contribution is 7.92. The number of anilines is 1. The van der Waals surface area contributed by atoms with Gasteiger partial charge in [0.05, 0.1) is 20.6 Å². The Bertz CT molecular complexity index is 1430. The molecule has 1 N–H and O–H groups in total. The number of hydrogen-bond acceptors (Lipinski definition) is 4. The van der Waals surface area contributed by atoms with E-state index in [0.717, 1.165) is 16.3 Å². The minimum Gasteiger partial charge on any atom is -0.354 e. The Morgan fingerprint density at radius 3 is 2.26 bits per heavy atom. The topological polar surface area (TPSA) is 86.8 Å². The summed E-state index contributed by atoms with van der Waals surface area (Å²) in [7, 11) is -4.17. The number of sulfonamides is 1. The molecule has 0 radical (unpaired) electrons. The largest absolute Gasteiger partial charge is 0.354 e. The van der Waals surface area contributed by atoms with Crippen LogP contribution in [0.4, 0.5) is 5.69 Å². The van der Waals surface area contributed by atoms with Crippen molar-refractivity contribution in [3.8, 4) is 0 Å². The fourth-order valence-corrected chi connectivity index (χ4v) is 5.71. The molecule has 0 aromatic heterocycles. The molecule has 0 aliphatic heterocycles. The van der Waals surface area contributed by atoms with Crippen LogP contribution in [0, 0.1) is 6.92 Å². The molecule has 39 heavy (non-hydrogen) atoms. The van der Waals surface area contributed by atoms with E-state index in [1.54, 1.807) is 43.3 Å². The second-order valence-corrected chi connectivity index (χ2v) is 12.2. The third kappa shape index (κ3) is 7.88. The Kier molecular flexibility index (Phi) is 10.7. The van der Waals surface area contributed by atoms with E-state index in [4.69, 9.17) is 34.8 Å². The number of hydrogen-bond donors (Lipinski definition) is 1. The SMILES string of the molecule is CCCNC(=O)[C@H](C)N(Cc1ccc(Cl)c(Cl)c1)C(=O)CN(c1cccc(C)c1)S(=O)(=O)c1ccc(Cl)cc1. The summed E-state index contributed by atoms with van der Waals surface area (Å²) >= 11 is 18.2. The van der Waals surface area contributed by atoms with Gasteiger partial charge >= 0.3 is 0 Å². The summed E-state index contributed by atoms with van der Waals surface area (Å²) in [5.74, 6) is -0.924. The van der Waals surface area contributed by atoms with Gasteiger partial charge in [-0.1, -0.05) is 59.9 Å². The predicted molar refractivity (Wildman–Crippen MR) is 157 cm³/mol. The van der Waals surface area contributed by atoms with Crippen LogP contribution >= 0.6 is 34.8 Å². The van der Waals surface area contributed by atoms with Crippen molar-refractivity contribution in [2.45, 2.75) is 44.7 Å². The van der Waals surface area contributed by atoms with Crippen LogP contribution in [0.25, 0.3) is 0 Å². The molecule has 0 saturated heterocycles. The maximum absolute atomic E-state index is 13.9. The molecule has 3 aromatic carbocycles. The Labute approximate surface area is 244 Å². The van der Waals surface area contributed by atoms with Crippen LogP contribution in [0.1, 0.15) is 31.4 Å². The first kappa shape index (κ1) is 30.8. The van der Waals surface area contributed by atoms with E-state index in [2.05, 4.69) is 5.32 Å². The number of amides is 2. The molecule has 0 unspecified atom stereocenters. The van der Waals surface area contributed by atoms with Crippen molar-refractivity contribution in [3.63, 3.8) is 0 Å². The Hall–Kier alpha value is -2.78. The van der Waals surface area contributed by atoms with Crippen molar-refractivity contribution in [2.24, 2.45) is 0 Å². The Morgan fingerprint density at radius 1 is 0.949 bits per heavy atom. The van der Waals surface area contributed by atoms with Gasteiger partial charge < -0.3 is 10.2 Å². The van der Waals surface area contributed by atoms with Crippen LogP contribution in [-0.2, 0) is 26.2 Å². The van der Waals surface area contributed by atoms with E-state index in [1.807, 2.05) is 19.9 Å². The average Bonchev–Trinajstić information content (AvgIpc) is 2.90. The molecule has 0 fully saturated rings. The lowest BCUT2D eigenvalue weighted by Crippen LogP contribution is -2.51. The molecule has 1 atom stereocenters. The van der Waals surface area contributed by atoms with Crippen LogP contribution in [0.2, 0.25) is 15.1 Å². The van der Waals surface area contributed by atoms with Crippen molar-refractivity contribution >= 4 is 62.3 Å². The van der Waals surface area contributed by atoms with Crippen LogP contribution < -0.4 is 9.62 Å². The minimum absolute atomic E-state index is 0.0130. The molecule has 0 saturated carbocycles. The molecular formula is C28H30Cl3N3O4S. The van der Waals surface area contributed by atoms with Gasteiger partial charge in [0, 0.05) is 18.1 Å². The van der Waals surface area contributed by atoms with E-state index < -0.39 is 28.5 Å². The zero-order valence-corrected chi connectivity index (χ0v) is 24.9. The molecule has 7 nitrogen and oxygen atoms in total. The number of nitrogens with one attached hydrogen (secondary N) is 1. The number of carbonyl (C=O) groups is 2. The van der Waals surface area contributed by atoms with Crippen molar-refractivity contribution in [1.29, 1.82) is 0 Å².